The average molecular weight is 951 g/mol. The Balaban J connectivity index is 1.30. The number of amides is 4. The van der Waals surface area contributed by atoms with Gasteiger partial charge in [-0.25, -0.2) is 14.6 Å². The first kappa shape index (κ1) is 46.7. The number of para-hydroxylation sites is 2. The van der Waals surface area contributed by atoms with E-state index in [1.54, 1.807) is 80.6 Å². The smallest absolute Gasteiger partial charge is 0.323 e. The topological polar surface area (TPSA) is 229 Å². The minimum Gasteiger partial charge on any atom is -0.456 e. The van der Waals surface area contributed by atoms with Gasteiger partial charge in [0.2, 0.25) is 0 Å². The predicted molar refractivity (Wildman–Crippen MR) is 266 cm³/mol. The van der Waals surface area contributed by atoms with E-state index in [2.05, 4.69) is 26.6 Å². The second-order valence-electron chi connectivity index (χ2n) is 16.3. The van der Waals surface area contributed by atoms with Crippen molar-refractivity contribution in [2.24, 2.45) is 4.99 Å². The van der Waals surface area contributed by atoms with E-state index >= 15 is 0 Å². The van der Waals surface area contributed by atoms with E-state index in [0.717, 1.165) is 22.8 Å². The molecule has 0 spiro atoms. The van der Waals surface area contributed by atoms with E-state index in [4.69, 9.17) is 9.41 Å². The molecule has 4 amide bonds. The number of anilines is 6. The molecule has 0 saturated heterocycles. The highest BCUT2D eigenvalue weighted by atomic mass is 32.2. The fourth-order valence-electron chi connectivity index (χ4n) is 8.44. The van der Waals surface area contributed by atoms with Crippen LogP contribution in [0.1, 0.15) is 33.4 Å². The molecule has 68 heavy (non-hydrogen) atoms. The summed E-state index contributed by atoms with van der Waals surface area (Å²) in [7, 11) is -9.88. The first-order valence-electron chi connectivity index (χ1n) is 21.1. The molecule has 6 aromatic rings. The summed E-state index contributed by atoms with van der Waals surface area (Å²) in [4.78, 5) is 30.0. The van der Waals surface area contributed by atoms with Gasteiger partial charge in [0.25, 0.3) is 20.2 Å². The molecule has 0 bridgehead atoms. The fourth-order valence-corrected chi connectivity index (χ4v) is 9.77. The molecule has 0 fully saturated rings. The van der Waals surface area contributed by atoms with Crippen molar-refractivity contribution < 1.29 is 39.9 Å². The van der Waals surface area contributed by atoms with Crippen molar-refractivity contribution in [3.63, 3.8) is 0 Å². The van der Waals surface area contributed by atoms with E-state index in [9.17, 15) is 35.5 Å². The van der Waals surface area contributed by atoms with Crippen LogP contribution in [0.2, 0.25) is 0 Å². The molecule has 0 radical (unpaired) electrons. The summed E-state index contributed by atoms with van der Waals surface area (Å²) >= 11 is 0. The van der Waals surface area contributed by atoms with Gasteiger partial charge in [0.05, 0.1) is 22.4 Å². The molecule has 0 atom stereocenters. The first-order chi connectivity index (χ1) is 32.3. The van der Waals surface area contributed by atoms with Crippen molar-refractivity contribution in [2.45, 2.75) is 51.3 Å². The molecule has 1 aliphatic heterocycles. The number of carbonyl (C=O) groups excluding carboxylic acids is 2. The summed E-state index contributed by atoms with van der Waals surface area (Å²) in [6.07, 6.45) is 0. The van der Waals surface area contributed by atoms with Gasteiger partial charge >= 0.3 is 12.1 Å². The summed E-state index contributed by atoms with van der Waals surface area (Å²) in [6, 6.07) is 33.9. The number of benzene rings is 7. The molecule has 6 aromatic carbocycles. The number of fused-ring (bicyclic) bond motifs is 2. The number of hydrogen-bond acceptors (Lipinski definition) is 9. The maximum absolute atomic E-state index is 13.3. The molecule has 346 valence electrons. The van der Waals surface area contributed by atoms with Crippen LogP contribution >= 0.6 is 0 Å². The van der Waals surface area contributed by atoms with Crippen LogP contribution in [-0.2, 0) is 20.2 Å². The van der Waals surface area contributed by atoms with E-state index in [1.807, 2.05) is 58.0 Å². The van der Waals surface area contributed by atoms with Gasteiger partial charge in [-0.3, -0.25) is 9.11 Å². The number of hydrogen-bond donors (Lipinski definition) is 7. The van der Waals surface area contributed by atoms with Gasteiger partial charge in [-0.15, -0.1) is 0 Å². The molecule has 7 N–H and O–H groups in total. The van der Waals surface area contributed by atoms with Crippen LogP contribution in [0.25, 0.3) is 33.4 Å². The van der Waals surface area contributed by atoms with Crippen LogP contribution in [0, 0.1) is 41.5 Å². The molecule has 1 heterocycles. The lowest BCUT2D eigenvalue weighted by molar-refractivity contribution is 0.261. The number of rotatable bonds is 10. The molecule has 2 aliphatic rings. The maximum Gasteiger partial charge on any atom is 0.323 e. The summed E-state index contributed by atoms with van der Waals surface area (Å²) in [5.41, 5.74) is 8.50. The van der Waals surface area contributed by atoms with Crippen molar-refractivity contribution in [1.29, 1.82) is 0 Å². The Hall–Kier alpha value is -7.83. The lowest BCUT2D eigenvalue weighted by atomic mass is 9.93. The van der Waals surface area contributed by atoms with E-state index < -0.39 is 42.1 Å². The minimum absolute atomic E-state index is 0.0249. The largest absolute Gasteiger partial charge is 0.456 e. The maximum atomic E-state index is 13.3. The van der Waals surface area contributed by atoms with E-state index in [-0.39, 0.29) is 33.4 Å². The highest BCUT2D eigenvalue weighted by Gasteiger charge is 2.27. The molecular formula is C51H46N6O9S2. The zero-order valence-electron chi connectivity index (χ0n) is 37.6. The molecule has 0 saturated carbocycles. The number of nitrogens with one attached hydrogen (secondary N) is 5. The van der Waals surface area contributed by atoms with E-state index in [1.165, 1.54) is 24.3 Å². The fraction of sp³-hybridized carbons (Fsp3) is 0.118. The third-order valence-corrected chi connectivity index (χ3v) is 13.3. The van der Waals surface area contributed by atoms with Gasteiger partial charge in [0.1, 0.15) is 21.1 Å². The second-order valence-corrected chi connectivity index (χ2v) is 19.1. The quantitative estimate of drug-likeness (QED) is 0.0506. The molecular weight excluding hydrogens is 905 g/mol. The lowest BCUT2D eigenvalue weighted by Gasteiger charge is -2.21. The number of urea groups is 2. The van der Waals surface area contributed by atoms with Gasteiger partial charge in [-0.05, 0) is 123 Å². The standard InChI is InChI=1S/C51H46N6O9S2/c1-28-23-30(3)48(56-50(58)53-34-15-9-7-10-16-34)32(5)46(28)52-36-21-22-37-41(25-36)66-42-27-40(44(68(63,64)65)26-39(42)45(37)38-19-13-14-20-43(38)67(60,61)62)55-47-29(2)24-31(4)49(33(47)6)57-51(59)54-35-17-11-8-12-18-35/h7-27,52H,1-6H3,(H2,53,56,58)(H2,54,57,59)(H,60,61,62)(H,63,64,65)/b55-40-. The highest BCUT2D eigenvalue weighted by molar-refractivity contribution is 7.86. The highest BCUT2D eigenvalue weighted by Crippen LogP contribution is 2.44. The predicted octanol–water partition coefficient (Wildman–Crippen LogP) is 11.8. The summed E-state index contributed by atoms with van der Waals surface area (Å²) in [5.74, 6) is 0.0440. The summed E-state index contributed by atoms with van der Waals surface area (Å²) in [5, 5.41) is 15.0. The van der Waals surface area contributed by atoms with Gasteiger partial charge in [0, 0.05) is 57.0 Å². The minimum atomic E-state index is -5.04. The van der Waals surface area contributed by atoms with Crippen molar-refractivity contribution in [3.05, 3.63) is 166 Å². The van der Waals surface area contributed by atoms with Crippen LogP contribution in [-0.4, -0.2) is 38.0 Å². The monoisotopic (exact) mass is 950 g/mol. The van der Waals surface area contributed by atoms with Crippen LogP contribution in [0.3, 0.4) is 0 Å². The van der Waals surface area contributed by atoms with Gasteiger partial charge in [0.15, 0.2) is 0 Å². The normalized spacial score (nSPS) is 12.0. The molecule has 1 aliphatic carbocycles. The van der Waals surface area contributed by atoms with Crippen molar-refractivity contribution in [2.75, 3.05) is 26.6 Å². The first-order valence-corrected chi connectivity index (χ1v) is 24.0. The summed E-state index contributed by atoms with van der Waals surface area (Å²) in [6.45, 7) is 11.0. The van der Waals surface area contributed by atoms with Gasteiger partial charge in [-0.2, -0.15) is 16.8 Å². The molecule has 15 nitrogen and oxygen atoms in total. The summed E-state index contributed by atoms with van der Waals surface area (Å²) < 4.78 is 80.2. The Morgan fingerprint density at radius 2 is 1.04 bits per heavy atom. The van der Waals surface area contributed by atoms with Crippen LogP contribution < -0.4 is 31.9 Å². The lowest BCUT2D eigenvalue weighted by Crippen LogP contribution is -2.21. The van der Waals surface area contributed by atoms with Gasteiger partial charge in [-0.1, -0.05) is 66.7 Å². The molecule has 17 heteroatoms. The Kier molecular flexibility index (Phi) is 12.7. The van der Waals surface area contributed by atoms with Crippen molar-refractivity contribution in [1.82, 2.24) is 0 Å². The molecule has 8 rings (SSSR count). The third kappa shape index (κ3) is 9.68. The molecule has 0 aromatic heterocycles. The molecule has 0 unspecified atom stereocenters. The average Bonchev–Trinajstić information content (AvgIpc) is 3.28. The third-order valence-electron chi connectivity index (χ3n) is 11.5. The Labute approximate surface area is 392 Å². The van der Waals surface area contributed by atoms with Crippen LogP contribution in [0.4, 0.5) is 49.4 Å². The number of carbonyl (C=O) groups is 2. The Bertz CT molecular complexity index is 3600. The van der Waals surface area contributed by atoms with Crippen LogP contribution in [0.15, 0.2) is 147 Å². The number of aryl methyl sites for hydroxylation is 4. The Morgan fingerprint density at radius 3 is 1.63 bits per heavy atom. The second kappa shape index (κ2) is 18.5. The van der Waals surface area contributed by atoms with E-state index in [0.29, 0.717) is 61.9 Å². The Morgan fingerprint density at radius 1 is 0.515 bits per heavy atom. The zero-order valence-corrected chi connectivity index (χ0v) is 39.3. The van der Waals surface area contributed by atoms with Crippen molar-refractivity contribution in [3.8, 4) is 22.5 Å². The number of nitrogens with zero attached hydrogens (tertiary/aromatic N) is 1. The SMILES string of the molecule is Cc1cc(C)c(NC(=O)Nc2ccccc2)c(C)c1/N=c1/cc2oc3cc(Nc4c(C)cc(C)c(NC(=O)Nc5ccccc5)c4C)ccc3c(-c3ccccc3S(=O)(=O)O)c-2cc1S(=O)(=O)O. The van der Waals surface area contributed by atoms with Crippen molar-refractivity contribution >= 4 is 83.1 Å². The van der Waals surface area contributed by atoms with Crippen LogP contribution in [0.5, 0.6) is 0 Å². The van der Waals surface area contributed by atoms with Gasteiger partial charge < -0.3 is 31.0 Å². The zero-order chi connectivity index (χ0) is 48.7.